The third-order valence-electron chi connectivity index (χ3n) is 5.22. The predicted molar refractivity (Wildman–Crippen MR) is 81.7 cm³/mol. The van der Waals surface area contributed by atoms with Gasteiger partial charge in [0.1, 0.15) is 0 Å². The minimum absolute atomic E-state index is 0.209. The Morgan fingerprint density at radius 1 is 1.40 bits per heavy atom. The van der Waals surface area contributed by atoms with Crippen molar-refractivity contribution >= 4 is 5.91 Å². The Hall–Kier alpha value is -0.650. The maximum Gasteiger partial charge on any atom is 0.227 e. The zero-order valence-corrected chi connectivity index (χ0v) is 13.4. The van der Waals surface area contributed by atoms with E-state index in [0.29, 0.717) is 12.0 Å². The van der Waals surface area contributed by atoms with Crippen molar-refractivity contribution in [3.63, 3.8) is 0 Å². The first-order valence-electron chi connectivity index (χ1n) is 7.83. The van der Waals surface area contributed by atoms with Gasteiger partial charge in [0.2, 0.25) is 5.91 Å². The van der Waals surface area contributed by atoms with Crippen molar-refractivity contribution in [2.75, 3.05) is 53.4 Å². The van der Waals surface area contributed by atoms with Crippen LogP contribution in [0.4, 0.5) is 0 Å². The lowest BCUT2D eigenvalue weighted by molar-refractivity contribution is -0.132. The summed E-state index contributed by atoms with van der Waals surface area (Å²) in [6, 6.07) is 0.427. The zero-order valence-electron chi connectivity index (χ0n) is 13.4. The molecule has 1 amide bonds. The quantitative estimate of drug-likeness (QED) is 0.761. The number of nitrogens with one attached hydrogen (secondary N) is 2. The lowest BCUT2D eigenvalue weighted by atomic mass is 9.75. The van der Waals surface area contributed by atoms with Crippen molar-refractivity contribution < 1.29 is 4.79 Å². The predicted octanol–water partition coefficient (Wildman–Crippen LogP) is -0.0159. The molecule has 5 heteroatoms. The first-order valence-corrected chi connectivity index (χ1v) is 7.83. The summed E-state index contributed by atoms with van der Waals surface area (Å²) in [5, 5.41) is 6.57. The van der Waals surface area contributed by atoms with Crippen LogP contribution in [0.2, 0.25) is 0 Å². The molecule has 116 valence electrons. The van der Waals surface area contributed by atoms with Crippen molar-refractivity contribution in [1.82, 2.24) is 20.4 Å². The van der Waals surface area contributed by atoms with Crippen LogP contribution in [0.3, 0.4) is 0 Å². The van der Waals surface area contributed by atoms with Crippen molar-refractivity contribution in [2.24, 2.45) is 11.3 Å². The molecule has 0 aromatic heterocycles. The number of nitrogens with zero attached hydrogens (tertiary/aromatic N) is 2. The Labute approximate surface area is 123 Å². The van der Waals surface area contributed by atoms with Crippen LogP contribution in [0.15, 0.2) is 0 Å². The van der Waals surface area contributed by atoms with Gasteiger partial charge in [0.05, 0.1) is 5.41 Å². The molecule has 0 aromatic carbocycles. The van der Waals surface area contributed by atoms with E-state index in [0.717, 1.165) is 45.7 Å². The van der Waals surface area contributed by atoms with Crippen molar-refractivity contribution in [3.05, 3.63) is 0 Å². The van der Waals surface area contributed by atoms with Gasteiger partial charge in [-0.3, -0.25) is 9.69 Å². The van der Waals surface area contributed by atoms with E-state index in [1.165, 1.54) is 0 Å². The largest absolute Gasteiger partial charge is 0.354 e. The summed E-state index contributed by atoms with van der Waals surface area (Å²) >= 11 is 0. The van der Waals surface area contributed by atoms with Crippen LogP contribution >= 0.6 is 0 Å². The van der Waals surface area contributed by atoms with Gasteiger partial charge in [-0.2, -0.15) is 0 Å². The van der Waals surface area contributed by atoms with E-state index in [4.69, 9.17) is 0 Å². The highest BCUT2D eigenvalue weighted by Gasteiger charge is 2.43. The summed E-state index contributed by atoms with van der Waals surface area (Å²) in [7, 11) is 4.30. The third kappa shape index (κ3) is 3.15. The molecule has 2 heterocycles. The molecule has 5 nitrogen and oxygen atoms in total. The molecule has 2 aliphatic heterocycles. The molecular formula is C15H30N4O. The van der Waals surface area contributed by atoms with Gasteiger partial charge in [0.15, 0.2) is 0 Å². The van der Waals surface area contributed by atoms with Gasteiger partial charge in [-0.25, -0.2) is 0 Å². The summed E-state index contributed by atoms with van der Waals surface area (Å²) in [5.41, 5.74) is -0.209. The van der Waals surface area contributed by atoms with Crippen LogP contribution in [0.1, 0.15) is 20.3 Å². The number of piperazine rings is 1. The van der Waals surface area contributed by atoms with Gasteiger partial charge < -0.3 is 15.5 Å². The summed E-state index contributed by atoms with van der Waals surface area (Å²) in [6.07, 6.45) is 0.955. The van der Waals surface area contributed by atoms with E-state index < -0.39 is 0 Å². The molecule has 2 aliphatic rings. The molecule has 0 bridgehead atoms. The molecule has 0 aliphatic carbocycles. The van der Waals surface area contributed by atoms with Crippen molar-refractivity contribution in [1.29, 1.82) is 0 Å². The molecular weight excluding hydrogens is 252 g/mol. The van der Waals surface area contributed by atoms with Crippen LogP contribution in [0.25, 0.3) is 0 Å². The minimum atomic E-state index is -0.209. The molecule has 2 N–H and O–H groups in total. The molecule has 0 spiro atoms. The van der Waals surface area contributed by atoms with Crippen LogP contribution in [0, 0.1) is 11.3 Å². The van der Waals surface area contributed by atoms with Gasteiger partial charge in [0.25, 0.3) is 0 Å². The molecule has 2 fully saturated rings. The number of amides is 1. The normalized spacial score (nSPS) is 32.8. The molecule has 0 saturated carbocycles. The maximum absolute atomic E-state index is 12.7. The van der Waals surface area contributed by atoms with Gasteiger partial charge in [-0.1, -0.05) is 13.8 Å². The van der Waals surface area contributed by atoms with E-state index in [1.807, 2.05) is 0 Å². The summed E-state index contributed by atoms with van der Waals surface area (Å²) in [4.78, 5) is 17.4. The van der Waals surface area contributed by atoms with Crippen molar-refractivity contribution in [3.8, 4) is 0 Å². The lowest BCUT2D eigenvalue weighted by Gasteiger charge is -2.39. The summed E-state index contributed by atoms with van der Waals surface area (Å²) < 4.78 is 0. The van der Waals surface area contributed by atoms with Gasteiger partial charge >= 0.3 is 0 Å². The highest BCUT2D eigenvalue weighted by Crippen LogP contribution is 2.34. The van der Waals surface area contributed by atoms with E-state index in [-0.39, 0.29) is 11.3 Å². The number of rotatable bonds is 4. The Kier molecular flexibility index (Phi) is 5.04. The van der Waals surface area contributed by atoms with E-state index in [9.17, 15) is 4.79 Å². The number of hydrogen-bond donors (Lipinski definition) is 2. The smallest absolute Gasteiger partial charge is 0.227 e. The van der Waals surface area contributed by atoms with Crippen molar-refractivity contribution in [2.45, 2.75) is 26.3 Å². The fraction of sp³-hybridized carbons (Fsp3) is 0.933. The molecule has 0 aromatic rings. The van der Waals surface area contributed by atoms with E-state index in [1.54, 1.807) is 0 Å². The number of hydrogen-bond acceptors (Lipinski definition) is 4. The minimum Gasteiger partial charge on any atom is -0.354 e. The SMILES string of the molecule is CC(C)C1(C(=O)NCC2CN(C)CCN2C)CCNC1. The fourth-order valence-corrected chi connectivity index (χ4v) is 3.37. The van der Waals surface area contributed by atoms with Gasteiger partial charge in [-0.15, -0.1) is 0 Å². The average molecular weight is 282 g/mol. The molecule has 0 radical (unpaired) electrons. The first-order chi connectivity index (χ1) is 9.45. The van der Waals surface area contributed by atoms with Crippen LogP contribution < -0.4 is 10.6 Å². The Balaban J connectivity index is 1.90. The highest BCUT2D eigenvalue weighted by molar-refractivity contribution is 5.83. The molecule has 20 heavy (non-hydrogen) atoms. The second-order valence-electron chi connectivity index (χ2n) is 6.84. The third-order valence-corrected chi connectivity index (χ3v) is 5.22. The summed E-state index contributed by atoms with van der Waals surface area (Å²) in [5.74, 6) is 0.614. The van der Waals surface area contributed by atoms with Gasteiger partial charge in [0, 0.05) is 38.8 Å². The second kappa shape index (κ2) is 6.41. The molecule has 2 atom stereocenters. The first kappa shape index (κ1) is 15.7. The number of likely N-dealkylation sites (N-methyl/N-ethyl adjacent to an activating group) is 2. The number of carbonyl (C=O) groups excluding carboxylic acids is 1. The van der Waals surface area contributed by atoms with Crippen LogP contribution in [-0.4, -0.2) is 75.1 Å². The fourth-order valence-electron chi connectivity index (χ4n) is 3.37. The van der Waals surface area contributed by atoms with Crippen LogP contribution in [0.5, 0.6) is 0 Å². The van der Waals surface area contributed by atoms with E-state index >= 15 is 0 Å². The zero-order chi connectivity index (χ0) is 14.8. The van der Waals surface area contributed by atoms with E-state index in [2.05, 4.69) is 48.4 Å². The maximum atomic E-state index is 12.7. The molecule has 2 unspecified atom stereocenters. The van der Waals surface area contributed by atoms with Gasteiger partial charge in [-0.05, 0) is 33.0 Å². The lowest BCUT2D eigenvalue weighted by Crippen LogP contribution is -2.56. The molecule has 2 saturated heterocycles. The standard InChI is InChI=1S/C15H30N4O/c1-12(2)15(5-6-16-11-15)14(20)17-9-13-10-18(3)7-8-19(13)4/h12-13,16H,5-11H2,1-4H3,(H,17,20). The van der Waals surface area contributed by atoms with Crippen LogP contribution in [-0.2, 0) is 4.79 Å². The Morgan fingerprint density at radius 2 is 2.15 bits per heavy atom. The summed E-state index contributed by atoms with van der Waals surface area (Å²) in [6.45, 7) is 10.1. The second-order valence-corrected chi connectivity index (χ2v) is 6.84. The average Bonchev–Trinajstić information content (AvgIpc) is 2.90. The highest BCUT2D eigenvalue weighted by atomic mass is 16.2. The monoisotopic (exact) mass is 282 g/mol. The Morgan fingerprint density at radius 3 is 2.75 bits per heavy atom. The Bertz CT molecular complexity index is 339. The topological polar surface area (TPSA) is 47.6 Å². The molecule has 2 rings (SSSR count). The number of carbonyl (C=O) groups is 1.